The molecular weight excluding hydrogens is 298 g/mol. The Bertz CT molecular complexity index is 712. The van der Waals surface area contributed by atoms with E-state index in [2.05, 4.69) is 10.3 Å². The van der Waals surface area contributed by atoms with Gasteiger partial charge in [0.1, 0.15) is 11.5 Å². The molecule has 0 fully saturated rings. The van der Waals surface area contributed by atoms with E-state index in [0.29, 0.717) is 30.5 Å². The zero-order chi connectivity index (χ0) is 16.2. The number of hydrogen-bond donors (Lipinski definition) is 1. The Labute approximate surface area is 133 Å². The molecule has 1 aliphatic heterocycles. The smallest absolute Gasteiger partial charge is 0.322 e. The third kappa shape index (κ3) is 3.18. The molecule has 1 aliphatic rings. The average Bonchev–Trinajstić information content (AvgIpc) is 3.07. The van der Waals surface area contributed by atoms with E-state index in [9.17, 15) is 9.59 Å². The first kappa shape index (κ1) is 15.1. The molecule has 2 amide bonds. The van der Waals surface area contributed by atoms with Gasteiger partial charge in [0.2, 0.25) is 5.88 Å². The minimum atomic E-state index is -0.291. The maximum absolute atomic E-state index is 12.4. The first-order valence-corrected chi connectivity index (χ1v) is 7.44. The average molecular weight is 315 g/mol. The van der Waals surface area contributed by atoms with Crippen LogP contribution in [0.15, 0.2) is 34.9 Å². The van der Waals surface area contributed by atoms with Crippen molar-refractivity contribution in [2.45, 2.75) is 19.9 Å². The zero-order valence-corrected chi connectivity index (χ0v) is 12.7. The molecule has 7 nitrogen and oxygen atoms in total. The van der Waals surface area contributed by atoms with Crippen molar-refractivity contribution in [1.82, 2.24) is 10.3 Å². The summed E-state index contributed by atoms with van der Waals surface area (Å²) >= 11 is 0. The molecule has 3 heterocycles. The van der Waals surface area contributed by atoms with Crippen LogP contribution in [0.1, 0.15) is 29.6 Å². The van der Waals surface area contributed by atoms with Crippen molar-refractivity contribution in [2.75, 3.05) is 18.1 Å². The third-order valence-electron chi connectivity index (χ3n) is 3.50. The molecule has 120 valence electrons. The van der Waals surface area contributed by atoms with Crippen molar-refractivity contribution in [3.63, 3.8) is 0 Å². The zero-order valence-electron chi connectivity index (χ0n) is 12.7. The van der Waals surface area contributed by atoms with E-state index in [4.69, 9.17) is 9.15 Å². The van der Waals surface area contributed by atoms with Crippen molar-refractivity contribution in [1.29, 1.82) is 0 Å². The van der Waals surface area contributed by atoms with Gasteiger partial charge in [-0.25, -0.2) is 9.78 Å². The predicted molar refractivity (Wildman–Crippen MR) is 82.6 cm³/mol. The minimum absolute atomic E-state index is 0.0864. The van der Waals surface area contributed by atoms with Gasteiger partial charge in [-0.15, -0.1) is 0 Å². The summed E-state index contributed by atoms with van der Waals surface area (Å²) < 4.78 is 10.5. The van der Waals surface area contributed by atoms with Crippen LogP contribution in [0.2, 0.25) is 0 Å². The number of Topliss-reactive ketones (excluding diaryl/α,β-unsaturated/α-hetero) is 1. The highest BCUT2D eigenvalue weighted by Gasteiger charge is 2.29. The molecule has 3 rings (SSSR count). The molecule has 0 radical (unpaired) electrons. The van der Waals surface area contributed by atoms with Gasteiger partial charge < -0.3 is 14.5 Å². The van der Waals surface area contributed by atoms with E-state index in [-0.39, 0.29) is 30.5 Å². The number of carbonyl (C=O) groups excluding carboxylic acids is 2. The van der Waals surface area contributed by atoms with Crippen LogP contribution in [0.4, 0.5) is 10.5 Å². The molecule has 0 saturated carbocycles. The summed E-state index contributed by atoms with van der Waals surface area (Å²) in [4.78, 5) is 30.2. The molecule has 0 bridgehead atoms. The van der Waals surface area contributed by atoms with E-state index in [1.807, 2.05) is 6.92 Å². The summed E-state index contributed by atoms with van der Waals surface area (Å²) in [6.45, 7) is 2.92. The standard InChI is InChI=1S/C16H17N3O4/c1-2-22-14-6-5-12-15(18-14)13(20)7-8-19(12)16(21)17-10-11-4-3-9-23-11/h3-6,9H,2,7-8,10H2,1H3,(H,17,21). The highest BCUT2D eigenvalue weighted by molar-refractivity contribution is 6.07. The summed E-state index contributed by atoms with van der Waals surface area (Å²) in [5, 5.41) is 2.77. The van der Waals surface area contributed by atoms with Crippen LogP contribution in [0.3, 0.4) is 0 Å². The summed E-state index contributed by atoms with van der Waals surface area (Å²) in [6.07, 6.45) is 1.79. The number of urea groups is 1. The number of aromatic nitrogens is 1. The van der Waals surface area contributed by atoms with E-state index in [1.165, 1.54) is 4.90 Å². The fourth-order valence-corrected chi connectivity index (χ4v) is 2.42. The second kappa shape index (κ2) is 6.51. The Morgan fingerprint density at radius 2 is 2.30 bits per heavy atom. The Morgan fingerprint density at radius 1 is 1.43 bits per heavy atom. The first-order chi connectivity index (χ1) is 11.2. The van der Waals surface area contributed by atoms with Crippen LogP contribution in [-0.4, -0.2) is 29.9 Å². The number of hydrogen-bond acceptors (Lipinski definition) is 5. The Kier molecular flexibility index (Phi) is 4.27. The van der Waals surface area contributed by atoms with Crippen LogP contribution in [-0.2, 0) is 6.54 Å². The van der Waals surface area contributed by atoms with Crippen molar-refractivity contribution in [2.24, 2.45) is 0 Å². The van der Waals surface area contributed by atoms with Crippen molar-refractivity contribution in [3.05, 3.63) is 42.0 Å². The fourth-order valence-electron chi connectivity index (χ4n) is 2.42. The molecule has 0 aliphatic carbocycles. The molecule has 7 heteroatoms. The molecule has 2 aromatic heterocycles. The number of furan rings is 1. The number of nitrogens with zero attached hydrogens (tertiary/aromatic N) is 2. The number of pyridine rings is 1. The van der Waals surface area contributed by atoms with E-state index in [1.54, 1.807) is 30.5 Å². The number of rotatable bonds is 4. The van der Waals surface area contributed by atoms with Crippen molar-refractivity contribution >= 4 is 17.5 Å². The van der Waals surface area contributed by atoms with Gasteiger partial charge in [-0.05, 0) is 25.1 Å². The monoisotopic (exact) mass is 315 g/mol. The highest BCUT2D eigenvalue weighted by Crippen LogP contribution is 2.27. The van der Waals surface area contributed by atoms with Gasteiger partial charge in [0, 0.05) is 19.0 Å². The molecular formula is C16H17N3O4. The Balaban J connectivity index is 1.78. The van der Waals surface area contributed by atoms with Crippen LogP contribution in [0.5, 0.6) is 5.88 Å². The summed E-state index contributed by atoms with van der Waals surface area (Å²) in [5.74, 6) is 0.963. The topological polar surface area (TPSA) is 84.7 Å². The normalized spacial score (nSPS) is 13.6. The lowest BCUT2D eigenvalue weighted by molar-refractivity contribution is 0.0974. The largest absolute Gasteiger partial charge is 0.478 e. The van der Waals surface area contributed by atoms with Crippen LogP contribution < -0.4 is 15.0 Å². The van der Waals surface area contributed by atoms with Gasteiger partial charge in [0.05, 0.1) is 25.1 Å². The molecule has 1 N–H and O–H groups in total. The van der Waals surface area contributed by atoms with Gasteiger partial charge in [-0.2, -0.15) is 0 Å². The second-order valence-electron chi connectivity index (χ2n) is 5.01. The SMILES string of the molecule is CCOc1ccc2c(n1)C(=O)CCN2C(=O)NCc1ccco1. The minimum Gasteiger partial charge on any atom is -0.478 e. The summed E-state index contributed by atoms with van der Waals surface area (Å²) in [6, 6.07) is 6.60. The lowest BCUT2D eigenvalue weighted by Gasteiger charge is -2.28. The fraction of sp³-hybridized carbons (Fsp3) is 0.312. The Morgan fingerprint density at radius 3 is 3.04 bits per heavy atom. The number of nitrogens with one attached hydrogen (secondary N) is 1. The quantitative estimate of drug-likeness (QED) is 0.936. The third-order valence-corrected chi connectivity index (χ3v) is 3.50. The van der Waals surface area contributed by atoms with Gasteiger partial charge in [0.25, 0.3) is 0 Å². The lowest BCUT2D eigenvalue weighted by atomic mass is 10.1. The van der Waals surface area contributed by atoms with Crippen LogP contribution in [0, 0.1) is 0 Å². The predicted octanol–water partition coefficient (Wildman–Crippen LogP) is 2.38. The number of carbonyl (C=O) groups is 2. The lowest BCUT2D eigenvalue weighted by Crippen LogP contribution is -2.44. The molecule has 0 aromatic carbocycles. The van der Waals surface area contributed by atoms with E-state index >= 15 is 0 Å². The van der Waals surface area contributed by atoms with Crippen LogP contribution in [0.25, 0.3) is 0 Å². The number of ketones is 1. The van der Waals surface area contributed by atoms with Gasteiger partial charge in [-0.3, -0.25) is 9.69 Å². The highest BCUT2D eigenvalue weighted by atomic mass is 16.5. The number of fused-ring (bicyclic) bond motifs is 1. The summed E-state index contributed by atoms with van der Waals surface area (Å²) in [7, 11) is 0. The first-order valence-electron chi connectivity index (χ1n) is 7.44. The second-order valence-corrected chi connectivity index (χ2v) is 5.01. The molecule has 2 aromatic rings. The van der Waals surface area contributed by atoms with Crippen molar-refractivity contribution in [3.8, 4) is 5.88 Å². The Hall–Kier alpha value is -2.83. The number of amides is 2. The molecule has 0 saturated heterocycles. The van der Waals surface area contributed by atoms with Gasteiger partial charge in [-0.1, -0.05) is 0 Å². The van der Waals surface area contributed by atoms with Gasteiger partial charge >= 0.3 is 6.03 Å². The maximum Gasteiger partial charge on any atom is 0.322 e. The van der Waals surface area contributed by atoms with Gasteiger partial charge in [0.15, 0.2) is 5.78 Å². The molecule has 0 spiro atoms. The van der Waals surface area contributed by atoms with Crippen LogP contribution >= 0.6 is 0 Å². The van der Waals surface area contributed by atoms with E-state index in [0.717, 1.165) is 0 Å². The number of anilines is 1. The molecule has 0 atom stereocenters. The van der Waals surface area contributed by atoms with E-state index < -0.39 is 0 Å². The molecule has 0 unspecified atom stereocenters. The summed E-state index contributed by atoms with van der Waals surface area (Å²) in [5.41, 5.74) is 0.775. The number of ether oxygens (including phenoxy) is 1. The molecule has 23 heavy (non-hydrogen) atoms. The maximum atomic E-state index is 12.4. The van der Waals surface area contributed by atoms with Crippen molar-refractivity contribution < 1.29 is 18.7 Å².